The van der Waals surface area contributed by atoms with Crippen LogP contribution >= 0.6 is 0 Å². The van der Waals surface area contributed by atoms with E-state index in [4.69, 9.17) is 4.42 Å². The van der Waals surface area contributed by atoms with E-state index in [9.17, 15) is 14.7 Å². The number of Topliss-reactive ketones (excluding diaryl/α,β-unsaturated/α-hetero) is 1. The number of phenols is 1. The van der Waals surface area contributed by atoms with Crippen molar-refractivity contribution in [2.45, 2.75) is 13.3 Å². The van der Waals surface area contributed by atoms with Crippen molar-refractivity contribution in [2.75, 3.05) is 0 Å². The molecule has 1 aromatic carbocycles. The Balaban J connectivity index is 2.79. The lowest BCUT2D eigenvalue weighted by molar-refractivity contribution is 0.0962. The molecule has 0 atom stereocenters. The van der Waals surface area contributed by atoms with Gasteiger partial charge in [-0.15, -0.1) is 0 Å². The standard InChI is InChI=1S/C12H10O4/c1-2-7(13)11-6-9(15)12-8(14)4-3-5-10(12)16-11/h3-6,14H,2H2,1H3. The van der Waals surface area contributed by atoms with Crippen LogP contribution < -0.4 is 5.43 Å². The van der Waals surface area contributed by atoms with Gasteiger partial charge in [0, 0.05) is 12.5 Å². The zero-order chi connectivity index (χ0) is 11.7. The van der Waals surface area contributed by atoms with Gasteiger partial charge in [0.2, 0.25) is 0 Å². The van der Waals surface area contributed by atoms with Crippen LogP contribution in [0, 0.1) is 0 Å². The van der Waals surface area contributed by atoms with E-state index in [2.05, 4.69) is 0 Å². The average Bonchev–Trinajstić information content (AvgIpc) is 2.27. The Morgan fingerprint density at radius 3 is 2.88 bits per heavy atom. The van der Waals surface area contributed by atoms with E-state index in [1.165, 1.54) is 6.07 Å². The Bertz CT molecular complexity index is 610. The van der Waals surface area contributed by atoms with E-state index in [-0.39, 0.29) is 34.7 Å². The minimum absolute atomic E-state index is 0.0330. The summed E-state index contributed by atoms with van der Waals surface area (Å²) in [6.07, 6.45) is 0.271. The van der Waals surface area contributed by atoms with Crippen molar-refractivity contribution < 1.29 is 14.3 Å². The molecule has 0 bridgehead atoms. The summed E-state index contributed by atoms with van der Waals surface area (Å²) in [5.74, 6) is -0.338. The quantitative estimate of drug-likeness (QED) is 0.783. The minimum Gasteiger partial charge on any atom is -0.507 e. The van der Waals surface area contributed by atoms with Crippen molar-refractivity contribution in [3.05, 3.63) is 40.2 Å². The highest BCUT2D eigenvalue weighted by molar-refractivity contribution is 5.95. The Morgan fingerprint density at radius 1 is 1.44 bits per heavy atom. The molecule has 1 aromatic heterocycles. The van der Waals surface area contributed by atoms with Crippen LogP contribution in [0.4, 0.5) is 0 Å². The maximum Gasteiger partial charge on any atom is 0.197 e. The summed E-state index contributed by atoms with van der Waals surface area (Å²) in [6, 6.07) is 5.62. The number of fused-ring (bicyclic) bond motifs is 1. The molecular formula is C12H10O4. The molecule has 82 valence electrons. The summed E-state index contributed by atoms with van der Waals surface area (Å²) < 4.78 is 5.27. The normalized spacial score (nSPS) is 10.6. The van der Waals surface area contributed by atoms with Gasteiger partial charge in [-0.05, 0) is 12.1 Å². The molecular weight excluding hydrogens is 208 g/mol. The fourth-order valence-corrected chi connectivity index (χ4v) is 1.50. The van der Waals surface area contributed by atoms with Crippen molar-refractivity contribution in [1.82, 2.24) is 0 Å². The number of carbonyl (C=O) groups excluding carboxylic acids is 1. The van der Waals surface area contributed by atoms with Crippen molar-refractivity contribution in [2.24, 2.45) is 0 Å². The summed E-state index contributed by atoms with van der Waals surface area (Å²) in [7, 11) is 0. The molecule has 0 aliphatic rings. The van der Waals surface area contributed by atoms with Crippen LogP contribution in [-0.2, 0) is 0 Å². The maximum atomic E-state index is 11.7. The second-order valence-corrected chi connectivity index (χ2v) is 3.40. The van der Waals surface area contributed by atoms with Crippen LogP contribution in [0.1, 0.15) is 23.9 Å². The van der Waals surface area contributed by atoms with Gasteiger partial charge in [0.15, 0.2) is 17.0 Å². The van der Waals surface area contributed by atoms with E-state index in [0.717, 1.165) is 6.07 Å². The first kappa shape index (κ1) is 10.4. The highest BCUT2D eigenvalue weighted by Gasteiger charge is 2.12. The zero-order valence-corrected chi connectivity index (χ0v) is 8.69. The molecule has 0 spiro atoms. The van der Waals surface area contributed by atoms with E-state index in [1.807, 2.05) is 0 Å². The van der Waals surface area contributed by atoms with Gasteiger partial charge < -0.3 is 9.52 Å². The number of phenolic OH excluding ortho intramolecular Hbond substituents is 1. The van der Waals surface area contributed by atoms with E-state index in [1.54, 1.807) is 19.1 Å². The first-order valence-electron chi connectivity index (χ1n) is 4.92. The molecule has 1 N–H and O–H groups in total. The molecule has 0 saturated heterocycles. The Hall–Kier alpha value is -2.10. The molecule has 2 aromatic rings. The topological polar surface area (TPSA) is 67.5 Å². The van der Waals surface area contributed by atoms with Gasteiger partial charge >= 0.3 is 0 Å². The summed E-state index contributed by atoms with van der Waals surface area (Å²) in [4.78, 5) is 23.1. The van der Waals surface area contributed by atoms with E-state index >= 15 is 0 Å². The number of ketones is 1. The average molecular weight is 218 g/mol. The lowest BCUT2D eigenvalue weighted by Crippen LogP contribution is -2.06. The molecule has 0 aliphatic heterocycles. The van der Waals surface area contributed by atoms with Gasteiger partial charge in [-0.2, -0.15) is 0 Å². The largest absolute Gasteiger partial charge is 0.507 e. The molecule has 0 saturated carbocycles. The van der Waals surface area contributed by atoms with Crippen LogP contribution in [0.3, 0.4) is 0 Å². The molecule has 1 heterocycles. The van der Waals surface area contributed by atoms with Crippen molar-refractivity contribution >= 4 is 16.8 Å². The third kappa shape index (κ3) is 1.58. The molecule has 2 rings (SSSR count). The van der Waals surface area contributed by atoms with Gasteiger partial charge in [-0.3, -0.25) is 9.59 Å². The molecule has 0 radical (unpaired) electrons. The van der Waals surface area contributed by atoms with Gasteiger partial charge in [0.25, 0.3) is 0 Å². The van der Waals surface area contributed by atoms with Crippen LogP contribution in [-0.4, -0.2) is 10.9 Å². The molecule has 0 aliphatic carbocycles. The molecule has 0 unspecified atom stereocenters. The van der Waals surface area contributed by atoms with Gasteiger partial charge in [-0.1, -0.05) is 13.0 Å². The Labute approximate surface area is 91.1 Å². The number of hydrogen-bond donors (Lipinski definition) is 1. The molecule has 16 heavy (non-hydrogen) atoms. The monoisotopic (exact) mass is 218 g/mol. The summed E-state index contributed by atoms with van der Waals surface area (Å²) in [5.41, 5.74) is -0.180. The lowest BCUT2D eigenvalue weighted by Gasteiger charge is -2.01. The highest BCUT2D eigenvalue weighted by Crippen LogP contribution is 2.21. The van der Waals surface area contributed by atoms with E-state index < -0.39 is 5.43 Å². The second kappa shape index (κ2) is 3.81. The zero-order valence-electron chi connectivity index (χ0n) is 8.69. The number of carbonyl (C=O) groups is 1. The van der Waals surface area contributed by atoms with Gasteiger partial charge in [-0.25, -0.2) is 0 Å². The van der Waals surface area contributed by atoms with Crippen LogP contribution in [0.5, 0.6) is 5.75 Å². The van der Waals surface area contributed by atoms with Crippen LogP contribution in [0.25, 0.3) is 11.0 Å². The van der Waals surface area contributed by atoms with Crippen molar-refractivity contribution in [3.63, 3.8) is 0 Å². The second-order valence-electron chi connectivity index (χ2n) is 3.40. The maximum absolute atomic E-state index is 11.7. The van der Waals surface area contributed by atoms with E-state index in [0.29, 0.717) is 0 Å². The number of aromatic hydroxyl groups is 1. The molecule has 4 heteroatoms. The lowest BCUT2D eigenvalue weighted by atomic mass is 10.1. The smallest absolute Gasteiger partial charge is 0.197 e. The minimum atomic E-state index is -0.406. The third-order valence-corrected chi connectivity index (χ3v) is 2.33. The SMILES string of the molecule is CCC(=O)c1cc(=O)c2c(O)cccc2o1. The fourth-order valence-electron chi connectivity index (χ4n) is 1.50. The number of rotatable bonds is 2. The van der Waals surface area contributed by atoms with Crippen LogP contribution in [0.2, 0.25) is 0 Å². The summed E-state index contributed by atoms with van der Waals surface area (Å²) >= 11 is 0. The first-order valence-corrected chi connectivity index (χ1v) is 4.92. The summed E-state index contributed by atoms with van der Waals surface area (Å²) in [6.45, 7) is 1.69. The van der Waals surface area contributed by atoms with Crippen molar-refractivity contribution in [3.8, 4) is 5.75 Å². The van der Waals surface area contributed by atoms with Gasteiger partial charge in [0.1, 0.15) is 16.7 Å². The first-order chi connectivity index (χ1) is 7.63. The van der Waals surface area contributed by atoms with Gasteiger partial charge in [0.05, 0.1) is 0 Å². The molecule has 0 amide bonds. The Morgan fingerprint density at radius 2 is 2.19 bits per heavy atom. The molecule has 0 fully saturated rings. The predicted molar refractivity (Wildman–Crippen MR) is 58.8 cm³/mol. The number of benzene rings is 1. The number of hydrogen-bond acceptors (Lipinski definition) is 4. The summed E-state index contributed by atoms with van der Waals surface area (Å²) in [5, 5.41) is 9.60. The predicted octanol–water partition coefficient (Wildman–Crippen LogP) is 2.09. The van der Waals surface area contributed by atoms with Crippen LogP contribution in [0.15, 0.2) is 33.5 Å². The van der Waals surface area contributed by atoms with Crippen molar-refractivity contribution in [1.29, 1.82) is 0 Å². The highest BCUT2D eigenvalue weighted by atomic mass is 16.3. The fraction of sp³-hybridized carbons (Fsp3) is 0.167. The Kier molecular flexibility index (Phi) is 2.48. The third-order valence-electron chi connectivity index (χ3n) is 2.33. The molecule has 4 nitrogen and oxygen atoms in total.